The molecule has 0 aliphatic heterocycles. The summed E-state index contributed by atoms with van der Waals surface area (Å²) < 4.78 is 34.9. The number of nitrogens with zero attached hydrogens (tertiary/aromatic N) is 2. The largest absolute Gasteiger partial charge is 0.495 e. The summed E-state index contributed by atoms with van der Waals surface area (Å²) in [6, 6.07) is 29.3. The smallest absolute Gasteiger partial charge is 0.264 e. The molecule has 4 aromatic carbocycles. The molecular formula is C34H37N3O5S. The summed E-state index contributed by atoms with van der Waals surface area (Å²) in [6.07, 6.45) is 0.247. The van der Waals surface area contributed by atoms with Crippen LogP contribution in [0.25, 0.3) is 0 Å². The first kappa shape index (κ1) is 31.3. The van der Waals surface area contributed by atoms with E-state index in [-0.39, 0.29) is 29.5 Å². The van der Waals surface area contributed by atoms with E-state index >= 15 is 0 Å². The topological polar surface area (TPSA) is 96.0 Å². The van der Waals surface area contributed by atoms with Crippen LogP contribution in [0.4, 0.5) is 5.69 Å². The fraction of sp³-hybridized carbons (Fsp3) is 0.235. The zero-order valence-electron chi connectivity index (χ0n) is 24.9. The van der Waals surface area contributed by atoms with E-state index < -0.39 is 28.5 Å². The molecule has 43 heavy (non-hydrogen) atoms. The highest BCUT2D eigenvalue weighted by Crippen LogP contribution is 2.34. The molecule has 1 N–H and O–H groups in total. The Hall–Kier alpha value is -4.63. The van der Waals surface area contributed by atoms with Gasteiger partial charge in [-0.15, -0.1) is 0 Å². The van der Waals surface area contributed by atoms with Crippen LogP contribution in [0.5, 0.6) is 5.75 Å². The van der Waals surface area contributed by atoms with Crippen LogP contribution >= 0.6 is 0 Å². The van der Waals surface area contributed by atoms with Gasteiger partial charge in [-0.3, -0.25) is 13.9 Å². The molecule has 9 heteroatoms. The third-order valence-corrected chi connectivity index (χ3v) is 9.11. The number of rotatable bonds is 12. The number of nitrogens with one attached hydrogen (secondary N) is 1. The number of methoxy groups -OCH3 is 1. The summed E-state index contributed by atoms with van der Waals surface area (Å²) in [6.45, 7) is 3.34. The van der Waals surface area contributed by atoms with E-state index in [1.807, 2.05) is 74.5 Å². The number of carbonyl (C=O) groups excluding carboxylic acids is 2. The number of carbonyl (C=O) groups is 2. The number of ether oxygens (including phenoxy) is 1. The van der Waals surface area contributed by atoms with Crippen LogP contribution in [0.1, 0.15) is 22.3 Å². The molecule has 0 unspecified atom stereocenters. The second-order valence-corrected chi connectivity index (χ2v) is 12.1. The fourth-order valence-corrected chi connectivity index (χ4v) is 6.36. The lowest BCUT2D eigenvalue weighted by Gasteiger charge is -2.34. The molecule has 8 nitrogen and oxygen atoms in total. The fourth-order valence-electron chi connectivity index (χ4n) is 4.92. The Morgan fingerprint density at radius 2 is 1.49 bits per heavy atom. The number of sulfonamides is 1. The average Bonchev–Trinajstić information content (AvgIpc) is 3.02. The summed E-state index contributed by atoms with van der Waals surface area (Å²) in [5, 5.41) is 2.70. The highest BCUT2D eigenvalue weighted by atomic mass is 32.2. The Morgan fingerprint density at radius 3 is 2.12 bits per heavy atom. The lowest BCUT2D eigenvalue weighted by Crippen LogP contribution is -2.53. The first-order valence-corrected chi connectivity index (χ1v) is 15.4. The van der Waals surface area contributed by atoms with Crippen molar-refractivity contribution in [1.82, 2.24) is 10.2 Å². The van der Waals surface area contributed by atoms with Gasteiger partial charge >= 0.3 is 0 Å². The zero-order chi connectivity index (χ0) is 31.0. The molecule has 0 fully saturated rings. The average molecular weight is 600 g/mol. The summed E-state index contributed by atoms with van der Waals surface area (Å²) >= 11 is 0. The van der Waals surface area contributed by atoms with Gasteiger partial charge in [0.2, 0.25) is 11.8 Å². The van der Waals surface area contributed by atoms with E-state index in [9.17, 15) is 18.0 Å². The van der Waals surface area contributed by atoms with Gasteiger partial charge in [-0.2, -0.15) is 0 Å². The molecule has 0 saturated heterocycles. The van der Waals surface area contributed by atoms with Crippen molar-refractivity contribution in [3.05, 3.63) is 125 Å². The van der Waals surface area contributed by atoms with Crippen molar-refractivity contribution < 1.29 is 22.7 Å². The van der Waals surface area contributed by atoms with Crippen LogP contribution in [0.2, 0.25) is 0 Å². The van der Waals surface area contributed by atoms with Gasteiger partial charge in [0.1, 0.15) is 18.3 Å². The zero-order valence-corrected chi connectivity index (χ0v) is 25.7. The molecule has 4 rings (SSSR count). The molecule has 0 radical (unpaired) electrons. The van der Waals surface area contributed by atoms with Gasteiger partial charge in [-0.1, -0.05) is 78.9 Å². The lowest BCUT2D eigenvalue weighted by molar-refractivity contribution is -0.139. The monoisotopic (exact) mass is 599 g/mol. The second-order valence-electron chi connectivity index (χ2n) is 10.3. The van der Waals surface area contributed by atoms with Crippen molar-refractivity contribution in [2.75, 3.05) is 25.0 Å². The van der Waals surface area contributed by atoms with Crippen molar-refractivity contribution in [1.29, 1.82) is 0 Å². The predicted octanol–water partition coefficient (Wildman–Crippen LogP) is 4.89. The molecular weight excluding hydrogens is 562 g/mol. The van der Waals surface area contributed by atoms with Crippen LogP contribution in [0, 0.1) is 13.8 Å². The Morgan fingerprint density at radius 1 is 0.860 bits per heavy atom. The van der Waals surface area contributed by atoms with Gasteiger partial charge in [0.15, 0.2) is 0 Å². The van der Waals surface area contributed by atoms with E-state index in [0.29, 0.717) is 5.75 Å². The van der Waals surface area contributed by atoms with E-state index in [1.54, 1.807) is 30.3 Å². The first-order valence-electron chi connectivity index (χ1n) is 14.0. The third kappa shape index (κ3) is 7.42. The Bertz CT molecular complexity index is 1660. The van der Waals surface area contributed by atoms with Gasteiger partial charge in [0.25, 0.3) is 10.0 Å². The Balaban J connectivity index is 1.84. The maximum atomic E-state index is 14.5. The van der Waals surface area contributed by atoms with E-state index in [0.717, 1.165) is 26.6 Å². The first-order chi connectivity index (χ1) is 20.6. The van der Waals surface area contributed by atoms with Crippen molar-refractivity contribution in [2.45, 2.75) is 37.8 Å². The number of hydrogen-bond donors (Lipinski definition) is 1. The van der Waals surface area contributed by atoms with Crippen molar-refractivity contribution in [3.63, 3.8) is 0 Å². The molecule has 1 atom stereocenters. The van der Waals surface area contributed by atoms with Gasteiger partial charge in [0, 0.05) is 20.0 Å². The third-order valence-electron chi connectivity index (χ3n) is 7.33. The van der Waals surface area contributed by atoms with E-state index in [2.05, 4.69) is 5.32 Å². The van der Waals surface area contributed by atoms with Crippen LogP contribution in [-0.2, 0) is 32.6 Å². The van der Waals surface area contributed by atoms with Crippen molar-refractivity contribution in [2.24, 2.45) is 0 Å². The van der Waals surface area contributed by atoms with E-state index in [4.69, 9.17) is 4.74 Å². The molecule has 0 heterocycles. The minimum Gasteiger partial charge on any atom is -0.495 e. The van der Waals surface area contributed by atoms with E-state index in [1.165, 1.54) is 31.2 Å². The minimum absolute atomic E-state index is 0.0314. The highest BCUT2D eigenvalue weighted by Gasteiger charge is 2.35. The normalized spacial score (nSPS) is 11.8. The summed E-state index contributed by atoms with van der Waals surface area (Å²) in [5.41, 5.74) is 3.69. The summed E-state index contributed by atoms with van der Waals surface area (Å²) in [7, 11) is -1.24. The van der Waals surface area contributed by atoms with Crippen LogP contribution in [0.3, 0.4) is 0 Å². The number of amides is 2. The van der Waals surface area contributed by atoms with Crippen LogP contribution in [0.15, 0.2) is 108 Å². The number of aryl methyl sites for hydroxylation is 2. The molecule has 0 aromatic heterocycles. The Labute approximate surface area is 254 Å². The SMILES string of the molecule is CNC(=O)[C@H](Cc1ccccc1)N(Cc1ccccc1C)C(=O)CN(c1cc(C)ccc1OC)S(=O)(=O)c1ccccc1. The molecule has 0 saturated carbocycles. The second kappa shape index (κ2) is 14.0. The standard InChI is InChI=1S/C34H37N3O5S/c1-25-19-20-32(42-4)30(21-25)37(43(40,41)29-17-9-6-10-18-29)24-33(38)36(23-28-16-12-11-13-26(28)2)31(34(39)35-3)22-27-14-7-5-8-15-27/h5-21,31H,22-24H2,1-4H3,(H,35,39)/t31-/m0/s1. The molecule has 0 aliphatic carbocycles. The van der Waals surface area contributed by atoms with Gasteiger partial charge in [-0.25, -0.2) is 8.42 Å². The molecule has 4 aromatic rings. The molecule has 0 spiro atoms. The summed E-state index contributed by atoms with van der Waals surface area (Å²) in [4.78, 5) is 29.4. The van der Waals surface area contributed by atoms with Gasteiger partial charge in [0.05, 0.1) is 17.7 Å². The number of benzene rings is 4. The molecule has 0 bridgehead atoms. The molecule has 0 aliphatic rings. The van der Waals surface area contributed by atoms with Gasteiger partial charge < -0.3 is 15.0 Å². The van der Waals surface area contributed by atoms with Gasteiger partial charge in [-0.05, 0) is 60.4 Å². The predicted molar refractivity (Wildman–Crippen MR) is 168 cm³/mol. The molecule has 2 amide bonds. The quantitative estimate of drug-likeness (QED) is 0.250. The van der Waals surface area contributed by atoms with Crippen LogP contribution in [-0.4, -0.2) is 51.9 Å². The van der Waals surface area contributed by atoms with Crippen LogP contribution < -0.4 is 14.4 Å². The molecule has 224 valence electrons. The number of anilines is 1. The van der Waals surface area contributed by atoms with Crippen molar-refractivity contribution in [3.8, 4) is 5.75 Å². The lowest BCUT2D eigenvalue weighted by atomic mass is 10.0. The minimum atomic E-state index is -4.22. The highest BCUT2D eigenvalue weighted by molar-refractivity contribution is 7.92. The maximum Gasteiger partial charge on any atom is 0.264 e. The summed E-state index contributed by atoms with van der Waals surface area (Å²) in [5.74, 6) is -0.581. The number of hydrogen-bond acceptors (Lipinski definition) is 5. The van der Waals surface area contributed by atoms with Crippen molar-refractivity contribution >= 4 is 27.5 Å². The Kier molecular flexibility index (Phi) is 10.2. The number of likely N-dealkylation sites (N-methyl/N-ethyl adjacent to an activating group) is 1. The maximum absolute atomic E-state index is 14.5.